The summed E-state index contributed by atoms with van der Waals surface area (Å²) in [5, 5.41) is 37.1. The number of allylic oxidation sites excluding steroid dienone is 1. The number of benzene rings is 1. The van der Waals surface area contributed by atoms with Crippen LogP contribution in [0.4, 0.5) is 15.3 Å². The summed E-state index contributed by atoms with van der Waals surface area (Å²) >= 11 is 0. The highest BCUT2D eigenvalue weighted by Crippen LogP contribution is 2.55. The predicted octanol–water partition coefficient (Wildman–Crippen LogP) is 0.717. The molecule has 0 saturated carbocycles. The molecule has 10 fully saturated rings. The molecule has 0 aliphatic carbocycles. The molecule has 16 N–H and O–H groups in total. The molecule has 13 amide bonds. The van der Waals surface area contributed by atoms with Crippen LogP contribution in [0, 0.1) is 17.8 Å². The number of anilines is 1. The van der Waals surface area contributed by atoms with Gasteiger partial charge in [-0.3, -0.25) is 71.3 Å². The first-order valence-electron chi connectivity index (χ1n) is 49.2. The topological polar surface area (TPSA) is 645 Å². The summed E-state index contributed by atoms with van der Waals surface area (Å²) in [4.78, 5) is 219. The van der Waals surface area contributed by atoms with Crippen molar-refractivity contribution in [3.05, 3.63) is 78.1 Å². The summed E-state index contributed by atoms with van der Waals surface area (Å²) in [6.07, 6.45) is 0.619. The van der Waals surface area contributed by atoms with Crippen LogP contribution in [0.2, 0.25) is 0 Å². The molecule has 0 radical (unpaired) electrons. The maximum Gasteiger partial charge on any atom is 0.472 e. The molecule has 50 heteroatoms. The lowest BCUT2D eigenvalue weighted by Crippen LogP contribution is -2.61. The van der Waals surface area contributed by atoms with Gasteiger partial charge in [0.15, 0.2) is 5.79 Å². The van der Waals surface area contributed by atoms with Crippen LogP contribution in [0.3, 0.4) is 0 Å². The van der Waals surface area contributed by atoms with E-state index in [9.17, 15) is 86.3 Å². The number of nitrogens with zero attached hydrogens (tertiary/aromatic N) is 2. The van der Waals surface area contributed by atoms with Gasteiger partial charge in [0.2, 0.25) is 47.3 Å². The molecular formula is C94H139N13O35P2. The number of Topliss-reactive ketones (excluding diaryl/α,β-unsaturated/α-hetero) is 1. The molecule has 1 unspecified atom stereocenters. The van der Waals surface area contributed by atoms with Crippen molar-refractivity contribution in [2.24, 2.45) is 23.5 Å². The minimum Gasteiger partial charge on any atom is -0.490 e. The van der Waals surface area contributed by atoms with E-state index in [0.29, 0.717) is 87.0 Å². The van der Waals surface area contributed by atoms with Crippen molar-refractivity contribution in [1.29, 1.82) is 0 Å². The van der Waals surface area contributed by atoms with Crippen LogP contribution < -0.4 is 58.9 Å². The van der Waals surface area contributed by atoms with Crippen molar-refractivity contribution >= 4 is 104 Å². The Hall–Kier alpha value is -9.66. The van der Waals surface area contributed by atoms with Crippen molar-refractivity contribution in [3.63, 3.8) is 0 Å². The molecule has 800 valence electrons. The molecule has 25 atom stereocenters. The highest BCUT2D eigenvalue weighted by atomic mass is 31.2. The van der Waals surface area contributed by atoms with Crippen LogP contribution in [0.1, 0.15) is 161 Å². The zero-order valence-electron chi connectivity index (χ0n) is 81.9. The number of alkyl carbamates (subject to hydrolysis) is 1. The molecule has 48 nitrogen and oxygen atoms in total. The van der Waals surface area contributed by atoms with Crippen LogP contribution in [-0.2, 0) is 144 Å². The Morgan fingerprint density at radius 2 is 1.33 bits per heavy atom. The van der Waals surface area contributed by atoms with Crippen molar-refractivity contribution in [3.8, 4) is 0 Å². The fraction of sp³-hybridized carbons (Fsp3) is 0.702. The van der Waals surface area contributed by atoms with Crippen LogP contribution >= 0.6 is 15.4 Å². The number of ether oxygens (including phenoxy) is 13. The van der Waals surface area contributed by atoms with Crippen molar-refractivity contribution in [2.75, 3.05) is 112 Å². The summed E-state index contributed by atoms with van der Waals surface area (Å²) < 4.78 is 116. The van der Waals surface area contributed by atoms with E-state index in [1.807, 2.05) is 25.1 Å². The lowest BCUT2D eigenvalue weighted by molar-refractivity contribution is -0.292. The number of imide groups is 1. The standard InChI is InChI=1S/C94H139N13O35P2/c1-51(2)79(105-88(117)66(45-76(112)102-65-25-33-131-91(65)120)104-87(116)63(12-9-10-31-106(6)7)101-75(111)26-32-129-35-36-130-37-38-134-144(126,127)133-34-30-96-89(118)67(107-77(113)22-23-78(107)114)49-98-74(110)27-39-143(123,124)125)90(119)103-64(13-11-29-97-92(95)121)86(115)100-56-16-14-55(15-17-56)50-132-93(122)99-48-58(109)44-72-80(128-8)62-43-57(108)42-60-19-21-69-81(137-60)85-84-83(139-69)82-73(140-84)47-94(141-82,142-85)28-24-61-41-53(4)68(135-61)20-18-59-40-52(3)54(5)70(136-59)46-71(62)138-72/h14-17,22-23,46,51-52,58-69,71-73,79-85,109H,4-5,9-13,18-21,24-45,47-50H2,1-3,6-8H3,(H,96,118)(H,98,110)(H,99,122)(H,100,115)(H,101,111)(H,102,112)(H,103,119)(H,104,116)(H,105,117)(H,126,127)(H3,95,97,121)(H2,123,124,125)/b70-46-/t52-,58+,59+,60-,61+,62+,63+,64+,65+,66+,67+,68+,69+,71+,72-,73-,79+,80-,81+,82+,83+,84-,85+,94+/m1/s1. The van der Waals surface area contributed by atoms with E-state index in [2.05, 4.69) is 73.2 Å². The number of phosphoric acid groups is 1. The molecule has 13 rings (SSSR count). The number of esters is 1. The number of cyclic esters (lactones) is 1. The first kappa shape index (κ1) is 113. The Balaban J connectivity index is 0.606. The number of rotatable bonds is 50. The number of fused-ring (bicyclic) bond motifs is 6. The molecule has 144 heavy (non-hydrogen) atoms. The van der Waals surface area contributed by atoms with Gasteiger partial charge in [0.25, 0.3) is 11.8 Å². The normalized spacial score (nSPS) is 29.0. The molecule has 12 bridgehead atoms. The van der Waals surface area contributed by atoms with E-state index < -0.39 is 234 Å². The molecule has 1 aromatic rings. The number of hydrogen-bond acceptors (Lipinski definition) is 33. The Labute approximate surface area is 833 Å². The second-order valence-corrected chi connectivity index (χ2v) is 42.0. The van der Waals surface area contributed by atoms with Crippen LogP contribution in [0.5, 0.6) is 0 Å². The van der Waals surface area contributed by atoms with Crippen molar-refractivity contribution < 1.29 is 167 Å². The highest BCUT2D eigenvalue weighted by Gasteiger charge is 2.69. The number of phosphoric ester groups is 1. The Morgan fingerprint density at radius 1 is 0.653 bits per heavy atom. The Morgan fingerprint density at radius 3 is 2.05 bits per heavy atom. The minimum absolute atomic E-state index is 0.00457. The largest absolute Gasteiger partial charge is 0.490 e. The van der Waals surface area contributed by atoms with E-state index >= 15 is 0 Å². The SMILES string of the molecule is C=C1/C2=C/[C@@H]3O[C@H](C[C@H](O)CNC(=O)OCc4ccc(NC(=O)[C@H](CCCNC(N)=O)NC(=O)[C@@H](NC(=O)[C@H](CC(=O)N[C@H]5CCOC5=O)NC(=O)[C@H](CCCCN(C)C)NC(=O)CCOCCOCCOP(=O)(O)OCCNC(=O)[C@H](CNC(=O)CCP(=O)(O)O)N5C(=O)C=CC5=O)C(C)C)cc4)[C@H](OC)[C@H]3CC(=O)C[C@H]3CC[C@@H]4O[C@@H]5[C@H]6O[C@@H]7C[C@](CC[C@H]8CC(=C)[C@H](CC[C@@H](C[C@H]1C)O2)O8)(O[C@H]6[C@H]4O3)O[C@H]57. The fourth-order valence-electron chi connectivity index (χ4n) is 19.6. The number of unbranched alkanes of at least 4 members (excludes halogenated alkanes) is 1. The second kappa shape index (κ2) is 52.8. The van der Waals surface area contributed by atoms with Crippen molar-refractivity contribution in [1.82, 2.24) is 57.7 Å². The summed E-state index contributed by atoms with van der Waals surface area (Å²) in [6, 6.07) is -3.36. The Bertz CT molecular complexity index is 4880. The lowest BCUT2D eigenvalue weighted by Gasteiger charge is -2.47. The number of carbonyl (C=O) groups excluding carboxylic acids is 14. The number of urea groups is 1. The van der Waals surface area contributed by atoms with Gasteiger partial charge in [-0.15, -0.1) is 0 Å². The van der Waals surface area contributed by atoms with Gasteiger partial charge in [-0.05, 0) is 144 Å². The first-order valence-corrected chi connectivity index (χ1v) is 52.5. The average molecular weight is 2070 g/mol. The summed E-state index contributed by atoms with van der Waals surface area (Å²) in [7, 11) is -4.11. The van der Waals surface area contributed by atoms with Crippen LogP contribution in [0.25, 0.3) is 0 Å². The molecular weight excluding hydrogens is 1930 g/mol. The number of methoxy groups -OCH3 is 1. The van der Waals surface area contributed by atoms with E-state index in [1.165, 1.54) is 19.2 Å². The third-order valence-electron chi connectivity index (χ3n) is 27.1. The molecule has 1 aromatic carbocycles. The van der Waals surface area contributed by atoms with Gasteiger partial charge >= 0.3 is 33.5 Å². The van der Waals surface area contributed by atoms with E-state index in [0.717, 1.165) is 29.7 Å². The molecule has 10 saturated heterocycles. The van der Waals surface area contributed by atoms with Gasteiger partial charge in [-0.25, -0.2) is 18.9 Å². The zero-order valence-corrected chi connectivity index (χ0v) is 83.7. The number of nitrogens with two attached hydrogens (primary N) is 1. The summed E-state index contributed by atoms with van der Waals surface area (Å²) in [5.41, 5.74) is 7.86. The number of hydrogen-bond donors (Lipinski definition) is 15. The number of amides is 13. The van der Waals surface area contributed by atoms with Gasteiger partial charge in [-0.2, -0.15) is 0 Å². The van der Waals surface area contributed by atoms with Gasteiger partial charge in [0, 0.05) is 108 Å². The molecule has 0 aromatic heterocycles. The monoisotopic (exact) mass is 2070 g/mol. The van der Waals surface area contributed by atoms with Crippen molar-refractivity contribution in [2.45, 2.75) is 296 Å². The Kier molecular flexibility index (Phi) is 41.4. The summed E-state index contributed by atoms with van der Waals surface area (Å²) in [5.74, 6) is -11.3. The smallest absolute Gasteiger partial charge is 0.472 e. The number of nitrogens with one attached hydrogen (secondary N) is 10. The highest BCUT2D eigenvalue weighted by molar-refractivity contribution is 7.51. The first-order chi connectivity index (χ1) is 68.6. The number of primary amides is 1. The predicted molar refractivity (Wildman–Crippen MR) is 504 cm³/mol. The number of aliphatic hydroxyl groups is 1. The molecule has 12 aliphatic rings. The quantitative estimate of drug-likeness (QED) is 0.0140. The number of ketones is 1. The minimum atomic E-state index is -4.76. The molecule has 12 heterocycles. The van der Waals surface area contributed by atoms with Gasteiger partial charge < -0.3 is 145 Å². The van der Waals surface area contributed by atoms with Gasteiger partial charge in [-0.1, -0.05) is 46.1 Å². The third-order valence-corrected chi connectivity index (χ3v) is 28.9. The second-order valence-electron chi connectivity index (χ2n) is 38.7. The molecule has 1 spiro atoms. The third kappa shape index (κ3) is 32.7. The fourth-order valence-corrected chi connectivity index (χ4v) is 20.8. The lowest BCUT2D eigenvalue weighted by atomic mass is 9.84. The van der Waals surface area contributed by atoms with Gasteiger partial charge in [0.05, 0.1) is 120 Å². The maximum absolute atomic E-state index is 14.7. The van der Waals surface area contributed by atoms with Crippen LogP contribution in [-0.4, -0.2) is 352 Å². The number of carbonyl (C=O) groups is 14. The average Bonchev–Trinajstić information content (AvgIpc) is 1.54. The van der Waals surface area contributed by atoms with E-state index in [4.69, 9.17) is 86.1 Å². The zero-order chi connectivity index (χ0) is 104. The van der Waals surface area contributed by atoms with E-state index in [-0.39, 0.29) is 170 Å². The summed E-state index contributed by atoms with van der Waals surface area (Å²) in [6.45, 7) is 11.3. The van der Waals surface area contributed by atoms with Crippen LogP contribution in [0.15, 0.2) is 72.6 Å². The van der Waals surface area contributed by atoms with E-state index in [1.54, 1.807) is 26.0 Å². The van der Waals surface area contributed by atoms with Gasteiger partial charge in [0.1, 0.15) is 84.9 Å². The molecule has 12 aliphatic heterocycles. The number of aliphatic hydroxyl groups excluding tert-OH is 1. The maximum atomic E-state index is 14.7.